The lowest BCUT2D eigenvalue weighted by Gasteiger charge is -2.13. The van der Waals surface area contributed by atoms with Crippen molar-refractivity contribution in [2.45, 2.75) is 77.4 Å². The van der Waals surface area contributed by atoms with Crippen molar-refractivity contribution in [3.05, 3.63) is 120 Å². The van der Waals surface area contributed by atoms with Gasteiger partial charge in [-0.15, -0.1) is 0 Å². The average Bonchev–Trinajstić information content (AvgIpc) is 3.25. The lowest BCUT2D eigenvalue weighted by atomic mass is 10.0. The van der Waals surface area contributed by atoms with Gasteiger partial charge in [0.2, 0.25) is 0 Å². The number of nitrogens with zero attached hydrogens (tertiary/aromatic N) is 2. The molecule has 0 aliphatic rings. The molecule has 0 aliphatic carbocycles. The van der Waals surface area contributed by atoms with Crippen LogP contribution < -0.4 is 9.47 Å². The molecule has 0 fully saturated rings. The van der Waals surface area contributed by atoms with Crippen molar-refractivity contribution in [3.63, 3.8) is 0 Å². The number of unbranched alkanes of at least 4 members (excludes halogenated alkanes) is 6. The van der Waals surface area contributed by atoms with E-state index in [-0.39, 0.29) is 13.2 Å². The van der Waals surface area contributed by atoms with Crippen LogP contribution in [0, 0.1) is 22.7 Å². The number of hydrogen-bond donors (Lipinski definition) is 0. The molecule has 0 N–H and O–H groups in total. The van der Waals surface area contributed by atoms with Crippen molar-refractivity contribution >= 4 is 11.9 Å². The predicted octanol–water partition coefficient (Wildman–Crippen LogP) is 9.80. The molecular formula is C48H54N2O8. The van der Waals surface area contributed by atoms with Crippen LogP contribution >= 0.6 is 0 Å². The van der Waals surface area contributed by atoms with E-state index in [4.69, 9.17) is 38.9 Å². The van der Waals surface area contributed by atoms with Crippen LogP contribution in [0.2, 0.25) is 0 Å². The third kappa shape index (κ3) is 17.5. The first-order valence-corrected chi connectivity index (χ1v) is 20.0. The number of esters is 2. The molecule has 0 heterocycles. The van der Waals surface area contributed by atoms with Gasteiger partial charge in [0.25, 0.3) is 0 Å². The summed E-state index contributed by atoms with van der Waals surface area (Å²) in [4.78, 5) is 24.3. The van der Waals surface area contributed by atoms with E-state index in [9.17, 15) is 9.59 Å². The largest absolute Gasteiger partial charge is 0.494 e. The SMILES string of the molecule is C[C@H](COCCCCCCOc1ccc(-c2ccc(C#N)cc2)cc1)OC(=O)/C=C/C(=O)O[C@H](C)COCCCCCCOc1ccc(-c2ccc(C#N)cc2)cc1. The average molecular weight is 787 g/mol. The number of ether oxygens (including phenoxy) is 6. The van der Waals surface area contributed by atoms with Gasteiger partial charge < -0.3 is 28.4 Å². The maximum absolute atomic E-state index is 12.1. The third-order valence-corrected chi connectivity index (χ3v) is 9.00. The Morgan fingerprint density at radius 3 is 1.12 bits per heavy atom. The Bertz CT molecular complexity index is 1770. The first-order chi connectivity index (χ1) is 28.3. The van der Waals surface area contributed by atoms with Crippen molar-refractivity contribution in [2.24, 2.45) is 0 Å². The minimum Gasteiger partial charge on any atom is -0.494 e. The van der Waals surface area contributed by atoms with Crippen LogP contribution in [0.3, 0.4) is 0 Å². The highest BCUT2D eigenvalue weighted by atomic mass is 16.6. The Labute approximate surface area is 342 Å². The first-order valence-electron chi connectivity index (χ1n) is 20.0. The number of carbonyl (C=O) groups excluding carboxylic acids is 2. The summed E-state index contributed by atoms with van der Waals surface area (Å²) in [6.45, 7) is 6.43. The van der Waals surface area contributed by atoms with Crippen molar-refractivity contribution in [3.8, 4) is 45.9 Å². The fraction of sp³-hybridized carbons (Fsp3) is 0.375. The van der Waals surface area contributed by atoms with Crippen LogP contribution in [-0.2, 0) is 28.5 Å². The summed E-state index contributed by atoms with van der Waals surface area (Å²) in [5.74, 6) is 0.386. The van der Waals surface area contributed by atoms with Gasteiger partial charge >= 0.3 is 11.9 Å². The number of nitriles is 2. The van der Waals surface area contributed by atoms with Gasteiger partial charge in [0.1, 0.15) is 23.7 Å². The molecule has 0 saturated heterocycles. The van der Waals surface area contributed by atoms with Crippen LogP contribution in [0.5, 0.6) is 11.5 Å². The topological polar surface area (TPSA) is 137 Å². The second-order valence-corrected chi connectivity index (χ2v) is 13.9. The van der Waals surface area contributed by atoms with E-state index >= 15 is 0 Å². The monoisotopic (exact) mass is 786 g/mol. The highest BCUT2D eigenvalue weighted by Gasteiger charge is 2.11. The summed E-state index contributed by atoms with van der Waals surface area (Å²) in [6.07, 6.45) is 8.91. The van der Waals surface area contributed by atoms with Gasteiger partial charge in [-0.2, -0.15) is 10.5 Å². The summed E-state index contributed by atoms with van der Waals surface area (Å²) in [5.41, 5.74) is 5.55. The molecule has 10 heteroatoms. The molecule has 0 saturated carbocycles. The van der Waals surface area contributed by atoms with Crippen LogP contribution in [-0.4, -0.2) is 63.8 Å². The molecule has 0 amide bonds. The molecule has 58 heavy (non-hydrogen) atoms. The minimum absolute atomic E-state index is 0.269. The standard InChI is InChI=1S/C48H54N2O8/c1-37(35-53-29-7-3-5-9-31-55-45-23-19-43(20-24-45)41-15-11-39(33-49)12-16-41)57-47(51)27-28-48(52)58-38(2)36-54-30-8-4-6-10-32-56-46-25-21-44(22-26-46)42-17-13-40(34-50)14-18-42/h11-28,37-38H,3-10,29-32,35-36H2,1-2H3/b28-27+/t37-,38-/m1/s1. The Morgan fingerprint density at radius 2 is 0.793 bits per heavy atom. The third-order valence-electron chi connectivity index (χ3n) is 9.00. The highest BCUT2D eigenvalue weighted by Crippen LogP contribution is 2.24. The van der Waals surface area contributed by atoms with Crippen LogP contribution in [0.15, 0.2) is 109 Å². The molecule has 0 aliphatic heterocycles. The van der Waals surface area contributed by atoms with Gasteiger partial charge in [-0.3, -0.25) is 0 Å². The number of benzene rings is 4. The van der Waals surface area contributed by atoms with E-state index in [2.05, 4.69) is 12.1 Å². The zero-order valence-electron chi connectivity index (χ0n) is 33.6. The summed E-state index contributed by atoms with van der Waals surface area (Å²) in [6, 6.07) is 35.2. The predicted molar refractivity (Wildman–Crippen MR) is 223 cm³/mol. The Morgan fingerprint density at radius 1 is 0.483 bits per heavy atom. The zero-order valence-corrected chi connectivity index (χ0v) is 33.6. The van der Waals surface area contributed by atoms with E-state index in [0.29, 0.717) is 37.6 Å². The van der Waals surface area contributed by atoms with E-state index in [1.165, 1.54) is 0 Å². The second kappa shape index (κ2) is 26.1. The van der Waals surface area contributed by atoms with E-state index < -0.39 is 24.1 Å². The molecule has 4 rings (SSSR count). The van der Waals surface area contributed by atoms with Crippen LogP contribution in [0.4, 0.5) is 0 Å². The number of hydrogen-bond acceptors (Lipinski definition) is 10. The molecule has 0 unspecified atom stereocenters. The Hall–Kier alpha value is -5.94. The van der Waals surface area contributed by atoms with Gasteiger partial charge in [0.05, 0.1) is 49.7 Å². The lowest BCUT2D eigenvalue weighted by molar-refractivity contribution is -0.147. The quantitative estimate of drug-likeness (QED) is 0.0344. The molecule has 10 nitrogen and oxygen atoms in total. The van der Waals surface area contributed by atoms with Crippen molar-refractivity contribution in [1.82, 2.24) is 0 Å². The Kier molecular flexibility index (Phi) is 20.1. The summed E-state index contributed by atoms with van der Waals surface area (Å²) < 4.78 is 33.7. The van der Waals surface area contributed by atoms with E-state index in [1.54, 1.807) is 13.8 Å². The molecule has 4 aromatic rings. The van der Waals surface area contributed by atoms with E-state index in [1.807, 2.05) is 97.1 Å². The lowest BCUT2D eigenvalue weighted by Crippen LogP contribution is -2.21. The van der Waals surface area contributed by atoms with Crippen molar-refractivity contribution in [1.29, 1.82) is 10.5 Å². The van der Waals surface area contributed by atoms with Gasteiger partial charge in [-0.05, 0) is 123 Å². The molecule has 0 aromatic heterocycles. The first kappa shape index (κ1) is 44.8. The fourth-order valence-corrected chi connectivity index (χ4v) is 5.84. The minimum atomic E-state index is -0.635. The van der Waals surface area contributed by atoms with E-state index in [0.717, 1.165) is 97.3 Å². The second-order valence-electron chi connectivity index (χ2n) is 13.9. The molecular weight excluding hydrogens is 733 g/mol. The van der Waals surface area contributed by atoms with Gasteiger partial charge in [-0.1, -0.05) is 61.4 Å². The van der Waals surface area contributed by atoms with Crippen molar-refractivity contribution < 1.29 is 38.0 Å². The molecule has 0 spiro atoms. The van der Waals surface area contributed by atoms with Gasteiger partial charge in [-0.25, -0.2) is 9.59 Å². The number of rotatable bonds is 26. The highest BCUT2D eigenvalue weighted by molar-refractivity contribution is 5.91. The molecule has 4 aromatic carbocycles. The number of carbonyl (C=O) groups is 2. The molecule has 0 bridgehead atoms. The normalized spacial score (nSPS) is 11.9. The molecule has 2 atom stereocenters. The summed E-state index contributed by atoms with van der Waals surface area (Å²) >= 11 is 0. The fourth-order valence-electron chi connectivity index (χ4n) is 5.84. The zero-order chi connectivity index (χ0) is 41.2. The van der Waals surface area contributed by atoms with Crippen molar-refractivity contribution in [2.75, 3.05) is 39.6 Å². The summed E-state index contributed by atoms with van der Waals surface area (Å²) in [5, 5.41) is 17.9. The molecule has 0 radical (unpaired) electrons. The Balaban J connectivity index is 0.921. The van der Waals surface area contributed by atoms with Gasteiger partial charge in [0, 0.05) is 25.4 Å². The summed E-state index contributed by atoms with van der Waals surface area (Å²) in [7, 11) is 0. The van der Waals surface area contributed by atoms with Crippen LogP contribution in [0.25, 0.3) is 22.3 Å². The molecule has 304 valence electrons. The smallest absolute Gasteiger partial charge is 0.331 e. The van der Waals surface area contributed by atoms with Crippen LogP contribution in [0.1, 0.15) is 76.3 Å². The maximum atomic E-state index is 12.1. The maximum Gasteiger partial charge on any atom is 0.331 e. The van der Waals surface area contributed by atoms with Gasteiger partial charge in [0.15, 0.2) is 0 Å².